The Morgan fingerprint density at radius 1 is 1.25 bits per heavy atom. The van der Waals surface area contributed by atoms with Gasteiger partial charge < -0.3 is 9.88 Å². The lowest BCUT2D eigenvalue weighted by Gasteiger charge is -2.34. The van der Waals surface area contributed by atoms with Gasteiger partial charge in [0.25, 0.3) is 5.91 Å². The van der Waals surface area contributed by atoms with Crippen LogP contribution in [0, 0.1) is 0 Å². The third-order valence-electron chi connectivity index (χ3n) is 3.12. The minimum atomic E-state index is -4.23. The molecule has 1 aliphatic rings. The predicted octanol–water partition coefficient (Wildman–Crippen LogP) is 0.695. The molecular formula is C12H14F3N3O2. The summed E-state index contributed by atoms with van der Waals surface area (Å²) in [5.74, 6) is -0.446. The van der Waals surface area contributed by atoms with Crippen molar-refractivity contribution in [1.82, 2.24) is 14.8 Å². The van der Waals surface area contributed by atoms with Crippen LogP contribution in [0.1, 0.15) is 10.4 Å². The molecule has 5 nitrogen and oxygen atoms in total. The van der Waals surface area contributed by atoms with Gasteiger partial charge in [-0.1, -0.05) is 0 Å². The van der Waals surface area contributed by atoms with E-state index in [1.807, 2.05) is 0 Å². The van der Waals surface area contributed by atoms with Gasteiger partial charge >= 0.3 is 6.18 Å². The van der Waals surface area contributed by atoms with Crippen LogP contribution >= 0.6 is 0 Å². The van der Waals surface area contributed by atoms with E-state index < -0.39 is 24.1 Å². The van der Waals surface area contributed by atoms with Gasteiger partial charge in [-0.25, -0.2) is 0 Å². The second kappa shape index (κ2) is 5.66. The summed E-state index contributed by atoms with van der Waals surface area (Å²) < 4.78 is 36.7. The van der Waals surface area contributed by atoms with Crippen molar-refractivity contribution in [2.75, 3.05) is 32.7 Å². The third-order valence-corrected chi connectivity index (χ3v) is 3.12. The van der Waals surface area contributed by atoms with Crippen LogP contribution in [-0.2, 0) is 0 Å². The van der Waals surface area contributed by atoms with Gasteiger partial charge in [-0.2, -0.15) is 13.2 Å². The highest BCUT2D eigenvalue weighted by Crippen LogP contribution is 2.17. The van der Waals surface area contributed by atoms with Gasteiger partial charge in [0.1, 0.15) is 5.56 Å². The number of carbonyl (C=O) groups excluding carboxylic acids is 1. The fourth-order valence-electron chi connectivity index (χ4n) is 2.12. The van der Waals surface area contributed by atoms with Crippen LogP contribution in [0.5, 0.6) is 0 Å². The molecule has 0 saturated carbocycles. The van der Waals surface area contributed by atoms with Gasteiger partial charge in [-0.3, -0.25) is 14.5 Å². The van der Waals surface area contributed by atoms with Crippen LogP contribution in [0.25, 0.3) is 0 Å². The Labute approximate surface area is 113 Å². The number of nitrogens with one attached hydrogen (secondary N) is 1. The van der Waals surface area contributed by atoms with Crippen molar-refractivity contribution in [3.8, 4) is 0 Å². The lowest BCUT2D eigenvalue weighted by atomic mass is 10.2. The molecule has 1 aromatic rings. The molecule has 1 aliphatic heterocycles. The zero-order chi connectivity index (χ0) is 14.8. The van der Waals surface area contributed by atoms with E-state index in [4.69, 9.17) is 0 Å². The van der Waals surface area contributed by atoms with Crippen LogP contribution < -0.4 is 5.43 Å². The fraction of sp³-hybridized carbons (Fsp3) is 0.500. The van der Waals surface area contributed by atoms with Crippen LogP contribution in [0.3, 0.4) is 0 Å². The standard InChI is InChI=1S/C12H14F3N3O2/c13-12(14,15)8-17-3-5-18(6-4-17)11(20)9-7-16-2-1-10(9)19/h1-2,7H,3-6,8H2,(H,16,19). The second-order valence-electron chi connectivity index (χ2n) is 4.61. The summed E-state index contributed by atoms with van der Waals surface area (Å²) in [5.41, 5.74) is -0.386. The molecule has 1 saturated heterocycles. The molecule has 0 aromatic carbocycles. The maximum absolute atomic E-state index is 12.2. The SMILES string of the molecule is O=C(c1c[nH]ccc1=O)N1CCN(CC(F)(F)F)CC1. The van der Waals surface area contributed by atoms with E-state index in [9.17, 15) is 22.8 Å². The van der Waals surface area contributed by atoms with Crippen LogP contribution in [-0.4, -0.2) is 59.6 Å². The minimum absolute atomic E-state index is 0.0109. The average molecular weight is 289 g/mol. The Balaban J connectivity index is 1.96. The van der Waals surface area contributed by atoms with E-state index in [1.165, 1.54) is 28.3 Å². The molecule has 1 N–H and O–H groups in total. The topological polar surface area (TPSA) is 56.4 Å². The van der Waals surface area contributed by atoms with Gasteiger partial charge in [0.15, 0.2) is 5.43 Å². The number of hydrogen-bond donors (Lipinski definition) is 1. The Bertz CT molecular complexity index is 533. The van der Waals surface area contributed by atoms with Crippen molar-refractivity contribution < 1.29 is 18.0 Å². The number of H-pyrrole nitrogens is 1. The average Bonchev–Trinajstić information content (AvgIpc) is 2.37. The number of aromatic amines is 1. The smallest absolute Gasteiger partial charge is 0.367 e. The Hall–Kier alpha value is -1.83. The number of amides is 1. The number of nitrogens with zero attached hydrogens (tertiary/aromatic N) is 2. The van der Waals surface area contributed by atoms with Crippen molar-refractivity contribution in [3.63, 3.8) is 0 Å². The van der Waals surface area contributed by atoms with E-state index >= 15 is 0 Å². The summed E-state index contributed by atoms with van der Waals surface area (Å²) in [6, 6.07) is 1.24. The highest BCUT2D eigenvalue weighted by Gasteiger charge is 2.33. The first-order valence-corrected chi connectivity index (χ1v) is 6.12. The summed E-state index contributed by atoms with van der Waals surface area (Å²) in [4.78, 5) is 28.9. The molecule has 0 bridgehead atoms. The molecule has 0 spiro atoms. The molecular weight excluding hydrogens is 275 g/mol. The molecule has 8 heteroatoms. The third kappa shape index (κ3) is 3.60. The van der Waals surface area contributed by atoms with E-state index in [1.54, 1.807) is 0 Å². The van der Waals surface area contributed by atoms with Crippen molar-refractivity contribution in [3.05, 3.63) is 34.2 Å². The maximum atomic E-state index is 12.2. The molecule has 20 heavy (non-hydrogen) atoms. The van der Waals surface area contributed by atoms with Gasteiger partial charge in [0, 0.05) is 44.6 Å². The summed E-state index contributed by atoms with van der Waals surface area (Å²) in [6.07, 6.45) is -1.50. The zero-order valence-corrected chi connectivity index (χ0v) is 10.6. The summed E-state index contributed by atoms with van der Waals surface area (Å²) in [6.45, 7) is -0.306. The quantitative estimate of drug-likeness (QED) is 0.872. The first kappa shape index (κ1) is 14.6. The van der Waals surface area contributed by atoms with E-state index in [2.05, 4.69) is 4.98 Å². The highest BCUT2D eigenvalue weighted by molar-refractivity contribution is 5.93. The Morgan fingerprint density at radius 3 is 2.45 bits per heavy atom. The number of piperazine rings is 1. The number of halogens is 3. The highest BCUT2D eigenvalue weighted by atomic mass is 19.4. The Morgan fingerprint density at radius 2 is 1.90 bits per heavy atom. The maximum Gasteiger partial charge on any atom is 0.401 e. The predicted molar refractivity (Wildman–Crippen MR) is 65.5 cm³/mol. The molecule has 1 aromatic heterocycles. The molecule has 0 unspecified atom stereocenters. The van der Waals surface area contributed by atoms with Crippen LogP contribution in [0.15, 0.2) is 23.3 Å². The van der Waals surface area contributed by atoms with Crippen molar-refractivity contribution >= 4 is 5.91 Å². The number of aromatic nitrogens is 1. The molecule has 110 valence electrons. The molecule has 1 amide bonds. The van der Waals surface area contributed by atoms with E-state index in [-0.39, 0.29) is 31.7 Å². The van der Waals surface area contributed by atoms with Crippen molar-refractivity contribution in [2.24, 2.45) is 0 Å². The van der Waals surface area contributed by atoms with E-state index in [0.29, 0.717) is 0 Å². The Kier molecular flexibility index (Phi) is 4.12. The number of rotatable bonds is 2. The molecule has 1 fully saturated rings. The number of pyridine rings is 1. The zero-order valence-electron chi connectivity index (χ0n) is 10.6. The molecule has 2 rings (SSSR count). The number of hydrogen-bond acceptors (Lipinski definition) is 3. The van der Waals surface area contributed by atoms with Gasteiger partial charge in [0.05, 0.1) is 6.54 Å². The molecule has 0 atom stereocenters. The molecule has 0 aliphatic carbocycles. The van der Waals surface area contributed by atoms with Gasteiger partial charge in [0.2, 0.25) is 0 Å². The molecule has 2 heterocycles. The van der Waals surface area contributed by atoms with E-state index in [0.717, 1.165) is 0 Å². The largest absolute Gasteiger partial charge is 0.401 e. The van der Waals surface area contributed by atoms with Crippen LogP contribution in [0.4, 0.5) is 13.2 Å². The minimum Gasteiger partial charge on any atom is -0.367 e. The second-order valence-corrected chi connectivity index (χ2v) is 4.61. The first-order valence-electron chi connectivity index (χ1n) is 6.12. The number of carbonyl (C=O) groups is 1. The fourth-order valence-corrected chi connectivity index (χ4v) is 2.12. The van der Waals surface area contributed by atoms with Crippen molar-refractivity contribution in [1.29, 1.82) is 0 Å². The lowest BCUT2D eigenvalue weighted by molar-refractivity contribution is -0.148. The normalized spacial score (nSPS) is 17.2. The van der Waals surface area contributed by atoms with Crippen molar-refractivity contribution in [2.45, 2.75) is 6.18 Å². The lowest BCUT2D eigenvalue weighted by Crippen LogP contribution is -2.51. The molecule has 0 radical (unpaired) electrons. The summed E-state index contributed by atoms with van der Waals surface area (Å²) in [7, 11) is 0. The summed E-state index contributed by atoms with van der Waals surface area (Å²) >= 11 is 0. The summed E-state index contributed by atoms with van der Waals surface area (Å²) in [5, 5.41) is 0. The monoisotopic (exact) mass is 289 g/mol. The number of alkyl halides is 3. The van der Waals surface area contributed by atoms with Crippen LogP contribution in [0.2, 0.25) is 0 Å². The first-order chi connectivity index (χ1) is 9.37. The van der Waals surface area contributed by atoms with Gasteiger partial charge in [-0.05, 0) is 0 Å². The van der Waals surface area contributed by atoms with Gasteiger partial charge in [-0.15, -0.1) is 0 Å².